The summed E-state index contributed by atoms with van der Waals surface area (Å²) < 4.78 is 5.55. The van der Waals surface area contributed by atoms with E-state index in [1.54, 1.807) is 18.2 Å². The molecule has 1 heterocycles. The SMILES string of the molecule is O=C(CSc1nnc(-c2cccc(O)c2)o1)Nc1cccc2ccccc12. The van der Waals surface area contributed by atoms with Crippen LogP contribution in [-0.4, -0.2) is 27.0 Å². The third-order valence-electron chi connectivity index (χ3n) is 3.89. The number of benzene rings is 3. The van der Waals surface area contributed by atoms with Gasteiger partial charge in [0.2, 0.25) is 11.8 Å². The standard InChI is InChI=1S/C20H15N3O3S/c24-15-8-3-7-14(11-15)19-22-23-20(26-19)27-12-18(25)21-17-10-4-6-13-5-1-2-9-16(13)17/h1-11,24H,12H2,(H,21,25). The molecule has 7 heteroatoms. The number of fused-ring (bicyclic) bond motifs is 1. The fraction of sp³-hybridized carbons (Fsp3) is 0.0500. The van der Waals surface area contributed by atoms with Gasteiger partial charge in [-0.1, -0.05) is 54.2 Å². The molecule has 3 aromatic carbocycles. The highest BCUT2D eigenvalue weighted by molar-refractivity contribution is 7.99. The number of phenolic OH excluding ortho intramolecular Hbond substituents is 1. The highest BCUT2D eigenvalue weighted by Crippen LogP contribution is 2.26. The van der Waals surface area contributed by atoms with Gasteiger partial charge in [-0.05, 0) is 29.7 Å². The second-order valence-corrected chi connectivity index (χ2v) is 6.71. The summed E-state index contributed by atoms with van der Waals surface area (Å²) in [4.78, 5) is 12.3. The van der Waals surface area contributed by atoms with Crippen LogP contribution < -0.4 is 5.32 Å². The maximum atomic E-state index is 12.3. The smallest absolute Gasteiger partial charge is 0.277 e. The minimum Gasteiger partial charge on any atom is -0.508 e. The molecule has 4 aromatic rings. The number of amides is 1. The minimum absolute atomic E-state index is 0.120. The van der Waals surface area contributed by atoms with E-state index in [-0.39, 0.29) is 17.4 Å². The van der Waals surface area contributed by atoms with Crippen molar-refractivity contribution in [1.82, 2.24) is 10.2 Å². The van der Waals surface area contributed by atoms with Crippen molar-refractivity contribution >= 4 is 34.1 Å². The van der Waals surface area contributed by atoms with Crippen LogP contribution in [0.3, 0.4) is 0 Å². The lowest BCUT2D eigenvalue weighted by molar-refractivity contribution is -0.113. The zero-order chi connectivity index (χ0) is 18.6. The maximum Gasteiger partial charge on any atom is 0.277 e. The highest BCUT2D eigenvalue weighted by atomic mass is 32.2. The van der Waals surface area contributed by atoms with E-state index in [1.807, 2.05) is 42.5 Å². The van der Waals surface area contributed by atoms with E-state index in [9.17, 15) is 9.90 Å². The number of phenols is 1. The largest absolute Gasteiger partial charge is 0.508 e. The predicted molar refractivity (Wildman–Crippen MR) is 105 cm³/mol. The molecule has 0 aliphatic rings. The molecule has 0 saturated carbocycles. The molecule has 0 spiro atoms. The first-order valence-corrected chi connectivity index (χ1v) is 9.21. The number of carbonyl (C=O) groups excluding carboxylic acids is 1. The molecule has 4 rings (SSSR count). The lowest BCUT2D eigenvalue weighted by Gasteiger charge is -2.07. The molecular formula is C20H15N3O3S. The molecule has 6 nitrogen and oxygen atoms in total. The Labute approximate surface area is 159 Å². The highest BCUT2D eigenvalue weighted by Gasteiger charge is 2.12. The maximum absolute atomic E-state index is 12.3. The van der Waals surface area contributed by atoms with Crippen molar-refractivity contribution in [2.24, 2.45) is 0 Å². The Bertz CT molecular complexity index is 1110. The molecule has 27 heavy (non-hydrogen) atoms. The summed E-state index contributed by atoms with van der Waals surface area (Å²) in [5.74, 6) is 0.399. The first-order valence-electron chi connectivity index (χ1n) is 8.22. The van der Waals surface area contributed by atoms with E-state index in [0.29, 0.717) is 16.7 Å². The summed E-state index contributed by atoms with van der Waals surface area (Å²) in [7, 11) is 0. The Balaban J connectivity index is 1.41. The number of aromatic nitrogens is 2. The van der Waals surface area contributed by atoms with E-state index in [2.05, 4.69) is 15.5 Å². The molecule has 0 saturated heterocycles. The fourth-order valence-corrected chi connectivity index (χ4v) is 3.23. The van der Waals surface area contributed by atoms with Crippen LogP contribution in [0, 0.1) is 0 Å². The number of thioether (sulfide) groups is 1. The van der Waals surface area contributed by atoms with Gasteiger partial charge in [0.25, 0.3) is 5.22 Å². The zero-order valence-electron chi connectivity index (χ0n) is 14.1. The van der Waals surface area contributed by atoms with Crippen molar-refractivity contribution in [3.63, 3.8) is 0 Å². The van der Waals surface area contributed by atoms with Gasteiger partial charge in [0, 0.05) is 16.6 Å². The predicted octanol–water partition coefficient (Wildman–Crippen LogP) is 4.33. The van der Waals surface area contributed by atoms with Crippen LogP contribution in [0.15, 0.2) is 76.4 Å². The topological polar surface area (TPSA) is 88.2 Å². The molecular weight excluding hydrogens is 362 g/mol. The number of anilines is 1. The minimum atomic E-state index is -0.159. The lowest BCUT2D eigenvalue weighted by Crippen LogP contribution is -2.14. The monoisotopic (exact) mass is 377 g/mol. The molecule has 1 aromatic heterocycles. The number of rotatable bonds is 5. The first kappa shape index (κ1) is 17.1. The van der Waals surface area contributed by atoms with Crippen LogP contribution in [0.5, 0.6) is 5.75 Å². The quantitative estimate of drug-likeness (QED) is 0.504. The average Bonchev–Trinajstić information content (AvgIpc) is 3.16. The molecule has 0 bridgehead atoms. The normalized spacial score (nSPS) is 10.8. The molecule has 0 unspecified atom stereocenters. The summed E-state index contributed by atoms with van der Waals surface area (Å²) in [6.07, 6.45) is 0. The summed E-state index contributed by atoms with van der Waals surface area (Å²) in [5, 5.41) is 22.7. The number of aromatic hydroxyl groups is 1. The van der Waals surface area contributed by atoms with Crippen molar-refractivity contribution in [2.75, 3.05) is 11.1 Å². The summed E-state index contributed by atoms with van der Waals surface area (Å²) in [6.45, 7) is 0. The van der Waals surface area contributed by atoms with Crippen molar-refractivity contribution in [2.45, 2.75) is 5.22 Å². The van der Waals surface area contributed by atoms with Crippen LogP contribution in [-0.2, 0) is 4.79 Å². The van der Waals surface area contributed by atoms with Crippen molar-refractivity contribution in [3.05, 3.63) is 66.7 Å². The molecule has 134 valence electrons. The molecule has 0 radical (unpaired) electrons. The van der Waals surface area contributed by atoms with E-state index in [0.717, 1.165) is 28.2 Å². The van der Waals surface area contributed by atoms with Crippen molar-refractivity contribution in [3.8, 4) is 17.2 Å². The average molecular weight is 377 g/mol. The Morgan fingerprint density at radius 3 is 2.74 bits per heavy atom. The first-order chi connectivity index (χ1) is 13.2. The molecule has 0 aliphatic heterocycles. The molecule has 0 atom stereocenters. The Hall–Kier alpha value is -3.32. The van der Waals surface area contributed by atoms with Gasteiger partial charge in [0.1, 0.15) is 5.75 Å². The Kier molecular flexibility index (Phi) is 4.76. The number of hydrogen-bond acceptors (Lipinski definition) is 6. The Morgan fingerprint density at radius 2 is 1.85 bits per heavy atom. The van der Waals surface area contributed by atoms with Gasteiger partial charge in [-0.15, -0.1) is 10.2 Å². The van der Waals surface area contributed by atoms with Crippen LogP contribution >= 0.6 is 11.8 Å². The van der Waals surface area contributed by atoms with E-state index in [4.69, 9.17) is 4.42 Å². The second kappa shape index (κ2) is 7.51. The lowest BCUT2D eigenvalue weighted by atomic mass is 10.1. The van der Waals surface area contributed by atoms with E-state index >= 15 is 0 Å². The van der Waals surface area contributed by atoms with Gasteiger partial charge in [0.15, 0.2) is 0 Å². The van der Waals surface area contributed by atoms with Gasteiger partial charge in [-0.25, -0.2) is 0 Å². The second-order valence-electron chi connectivity index (χ2n) is 5.79. The van der Waals surface area contributed by atoms with Gasteiger partial charge >= 0.3 is 0 Å². The van der Waals surface area contributed by atoms with E-state index < -0.39 is 0 Å². The summed E-state index contributed by atoms with van der Waals surface area (Å²) in [5.41, 5.74) is 1.39. The molecule has 1 amide bonds. The fourth-order valence-electron chi connectivity index (χ4n) is 2.67. The number of carbonyl (C=O) groups is 1. The van der Waals surface area contributed by atoms with Crippen LogP contribution in [0.4, 0.5) is 5.69 Å². The third-order valence-corrected chi connectivity index (χ3v) is 4.71. The van der Waals surface area contributed by atoms with Gasteiger partial charge < -0.3 is 14.8 Å². The van der Waals surface area contributed by atoms with Crippen LogP contribution in [0.2, 0.25) is 0 Å². The van der Waals surface area contributed by atoms with Gasteiger partial charge in [0.05, 0.1) is 5.75 Å². The summed E-state index contributed by atoms with van der Waals surface area (Å²) in [6, 6.07) is 20.2. The van der Waals surface area contributed by atoms with Crippen LogP contribution in [0.1, 0.15) is 0 Å². The Morgan fingerprint density at radius 1 is 1.04 bits per heavy atom. The number of hydrogen-bond donors (Lipinski definition) is 2. The van der Waals surface area contributed by atoms with Crippen molar-refractivity contribution < 1.29 is 14.3 Å². The van der Waals surface area contributed by atoms with Gasteiger partial charge in [-0.3, -0.25) is 4.79 Å². The number of nitrogens with zero attached hydrogens (tertiary/aromatic N) is 2. The summed E-state index contributed by atoms with van der Waals surface area (Å²) >= 11 is 1.16. The molecule has 0 aliphatic carbocycles. The third kappa shape index (κ3) is 3.93. The van der Waals surface area contributed by atoms with Gasteiger partial charge in [-0.2, -0.15) is 0 Å². The number of nitrogens with one attached hydrogen (secondary N) is 1. The molecule has 2 N–H and O–H groups in total. The van der Waals surface area contributed by atoms with Crippen molar-refractivity contribution in [1.29, 1.82) is 0 Å². The molecule has 0 fully saturated rings. The van der Waals surface area contributed by atoms with Crippen LogP contribution in [0.25, 0.3) is 22.2 Å². The zero-order valence-corrected chi connectivity index (χ0v) is 14.9. The van der Waals surface area contributed by atoms with E-state index in [1.165, 1.54) is 6.07 Å².